The zero-order valence-corrected chi connectivity index (χ0v) is 11.0. The molecule has 0 aliphatic carbocycles. The van der Waals surface area contributed by atoms with Crippen molar-refractivity contribution in [3.05, 3.63) is 16.1 Å². The van der Waals surface area contributed by atoms with Crippen LogP contribution >= 0.6 is 11.3 Å². The van der Waals surface area contributed by atoms with Gasteiger partial charge in [-0.25, -0.2) is 4.98 Å². The van der Waals surface area contributed by atoms with Crippen LogP contribution in [-0.2, 0) is 0 Å². The van der Waals surface area contributed by atoms with E-state index in [0.717, 1.165) is 12.2 Å². The number of hydrogen-bond acceptors (Lipinski definition) is 3. The summed E-state index contributed by atoms with van der Waals surface area (Å²) in [7, 11) is 0. The fourth-order valence-corrected chi connectivity index (χ4v) is 2.59. The highest BCUT2D eigenvalue weighted by Gasteiger charge is 2.19. The lowest BCUT2D eigenvalue weighted by molar-refractivity contribution is 0.376. The maximum atomic E-state index is 4.59. The molecule has 86 valence electrons. The van der Waals surface area contributed by atoms with Crippen molar-refractivity contribution >= 4 is 11.3 Å². The molecule has 1 heterocycles. The van der Waals surface area contributed by atoms with Gasteiger partial charge in [0.05, 0.1) is 6.04 Å². The van der Waals surface area contributed by atoms with Crippen LogP contribution in [-0.4, -0.2) is 11.5 Å². The van der Waals surface area contributed by atoms with E-state index in [0.29, 0.717) is 12.0 Å². The Kier molecular flexibility index (Phi) is 5.26. The van der Waals surface area contributed by atoms with E-state index in [9.17, 15) is 0 Å². The summed E-state index contributed by atoms with van der Waals surface area (Å²) in [5, 5.41) is 6.98. The second-order valence-corrected chi connectivity index (χ2v) is 5.03. The highest BCUT2D eigenvalue weighted by atomic mass is 32.1. The molecular formula is C12H22N2S. The third kappa shape index (κ3) is 3.58. The van der Waals surface area contributed by atoms with Gasteiger partial charge in [0, 0.05) is 11.1 Å². The maximum absolute atomic E-state index is 4.59. The van der Waals surface area contributed by atoms with E-state index in [-0.39, 0.29) is 0 Å². The third-order valence-electron chi connectivity index (χ3n) is 2.73. The van der Waals surface area contributed by atoms with Crippen LogP contribution in [0.2, 0.25) is 0 Å². The van der Waals surface area contributed by atoms with Crippen LogP contribution in [0.5, 0.6) is 0 Å². The monoisotopic (exact) mass is 226 g/mol. The van der Waals surface area contributed by atoms with Crippen LogP contribution < -0.4 is 5.32 Å². The lowest BCUT2D eigenvalue weighted by Crippen LogP contribution is -2.27. The van der Waals surface area contributed by atoms with Crippen molar-refractivity contribution in [2.75, 3.05) is 6.54 Å². The summed E-state index contributed by atoms with van der Waals surface area (Å²) in [5.74, 6) is 0.655. The first kappa shape index (κ1) is 12.7. The molecule has 0 fully saturated rings. The van der Waals surface area contributed by atoms with E-state index in [1.807, 2.05) is 0 Å². The quantitative estimate of drug-likeness (QED) is 0.802. The molecule has 0 aliphatic heterocycles. The Morgan fingerprint density at radius 3 is 2.67 bits per heavy atom. The molecule has 0 aromatic carbocycles. The lowest BCUT2D eigenvalue weighted by Gasteiger charge is -2.22. The number of thiazole rings is 1. The van der Waals surface area contributed by atoms with Crippen molar-refractivity contribution in [3.63, 3.8) is 0 Å². The van der Waals surface area contributed by atoms with E-state index in [1.165, 1.54) is 17.8 Å². The molecule has 0 bridgehead atoms. The SMILES string of the molecule is CCCNC(c1nc(C)cs1)C(C)CC. The minimum atomic E-state index is 0.439. The Labute approximate surface area is 97.1 Å². The predicted octanol–water partition coefficient (Wildman–Crippen LogP) is 3.54. The zero-order chi connectivity index (χ0) is 11.3. The normalized spacial score (nSPS) is 15.2. The minimum Gasteiger partial charge on any atom is -0.308 e. The van der Waals surface area contributed by atoms with Crippen molar-refractivity contribution in [1.82, 2.24) is 10.3 Å². The Hall–Kier alpha value is -0.410. The molecule has 0 spiro atoms. The van der Waals surface area contributed by atoms with E-state index in [1.54, 1.807) is 11.3 Å². The summed E-state index contributed by atoms with van der Waals surface area (Å²) in [6.07, 6.45) is 2.37. The van der Waals surface area contributed by atoms with Gasteiger partial charge in [0.25, 0.3) is 0 Å². The van der Waals surface area contributed by atoms with Crippen molar-refractivity contribution in [3.8, 4) is 0 Å². The van der Waals surface area contributed by atoms with Crippen LogP contribution in [0.15, 0.2) is 5.38 Å². The third-order valence-corrected chi connectivity index (χ3v) is 3.78. The zero-order valence-electron chi connectivity index (χ0n) is 10.2. The molecule has 2 nitrogen and oxygen atoms in total. The molecule has 2 unspecified atom stereocenters. The topological polar surface area (TPSA) is 24.9 Å². The van der Waals surface area contributed by atoms with Gasteiger partial charge in [0.2, 0.25) is 0 Å². The number of hydrogen-bond donors (Lipinski definition) is 1. The van der Waals surface area contributed by atoms with Gasteiger partial charge in [-0.2, -0.15) is 0 Å². The van der Waals surface area contributed by atoms with E-state index in [4.69, 9.17) is 0 Å². The standard InChI is InChI=1S/C12H22N2S/c1-5-7-13-11(9(3)6-2)12-14-10(4)8-15-12/h8-9,11,13H,5-7H2,1-4H3. The molecular weight excluding hydrogens is 204 g/mol. The molecule has 0 radical (unpaired) electrons. The molecule has 1 N–H and O–H groups in total. The van der Waals surface area contributed by atoms with Crippen molar-refractivity contribution in [1.29, 1.82) is 0 Å². The van der Waals surface area contributed by atoms with E-state index >= 15 is 0 Å². The van der Waals surface area contributed by atoms with E-state index < -0.39 is 0 Å². The molecule has 1 aromatic rings. The predicted molar refractivity (Wildman–Crippen MR) is 67.3 cm³/mol. The molecule has 3 heteroatoms. The first-order chi connectivity index (χ1) is 7.19. The molecule has 0 saturated carbocycles. The van der Waals surface area contributed by atoms with Crippen molar-refractivity contribution in [2.45, 2.75) is 46.6 Å². The number of aryl methyl sites for hydroxylation is 1. The highest BCUT2D eigenvalue weighted by molar-refractivity contribution is 7.09. The van der Waals surface area contributed by atoms with Gasteiger partial charge in [-0.05, 0) is 25.8 Å². The van der Waals surface area contributed by atoms with Crippen molar-refractivity contribution < 1.29 is 0 Å². The van der Waals surface area contributed by atoms with Crippen LogP contribution in [0.1, 0.15) is 50.4 Å². The molecule has 0 amide bonds. The lowest BCUT2D eigenvalue weighted by atomic mass is 9.99. The molecule has 0 saturated heterocycles. The first-order valence-corrected chi connectivity index (χ1v) is 6.72. The van der Waals surface area contributed by atoms with Crippen LogP contribution in [0, 0.1) is 12.8 Å². The second-order valence-electron chi connectivity index (χ2n) is 4.14. The van der Waals surface area contributed by atoms with E-state index in [2.05, 4.69) is 43.4 Å². The van der Waals surface area contributed by atoms with Crippen molar-refractivity contribution in [2.24, 2.45) is 5.92 Å². The van der Waals surface area contributed by atoms with Gasteiger partial charge in [0.15, 0.2) is 0 Å². The summed E-state index contributed by atoms with van der Waals surface area (Å²) in [6, 6.07) is 0.439. The summed E-state index contributed by atoms with van der Waals surface area (Å²) in [5.41, 5.74) is 1.14. The number of nitrogens with zero attached hydrogens (tertiary/aromatic N) is 1. The number of aromatic nitrogens is 1. The first-order valence-electron chi connectivity index (χ1n) is 5.84. The smallest absolute Gasteiger partial charge is 0.110 e. The summed E-state index contributed by atoms with van der Waals surface area (Å²) in [4.78, 5) is 4.59. The fourth-order valence-electron chi connectivity index (χ4n) is 1.58. The molecule has 0 aliphatic rings. The van der Waals surface area contributed by atoms with Crippen LogP contribution in [0.25, 0.3) is 0 Å². The molecule has 2 atom stereocenters. The second kappa shape index (κ2) is 6.23. The fraction of sp³-hybridized carbons (Fsp3) is 0.750. The van der Waals surface area contributed by atoms with Crippen LogP contribution in [0.4, 0.5) is 0 Å². The van der Waals surface area contributed by atoms with Gasteiger partial charge in [-0.15, -0.1) is 11.3 Å². The summed E-state index contributed by atoms with van der Waals surface area (Å²) in [6.45, 7) is 9.88. The van der Waals surface area contributed by atoms with Gasteiger partial charge >= 0.3 is 0 Å². The average Bonchev–Trinajstić information content (AvgIpc) is 2.65. The Morgan fingerprint density at radius 2 is 2.20 bits per heavy atom. The Morgan fingerprint density at radius 1 is 1.47 bits per heavy atom. The number of nitrogens with one attached hydrogen (secondary N) is 1. The van der Waals surface area contributed by atoms with Gasteiger partial charge in [0.1, 0.15) is 5.01 Å². The summed E-state index contributed by atoms with van der Waals surface area (Å²) >= 11 is 1.78. The van der Waals surface area contributed by atoms with Crippen LogP contribution in [0.3, 0.4) is 0 Å². The summed E-state index contributed by atoms with van der Waals surface area (Å²) < 4.78 is 0. The largest absolute Gasteiger partial charge is 0.308 e. The molecule has 15 heavy (non-hydrogen) atoms. The maximum Gasteiger partial charge on any atom is 0.110 e. The van der Waals surface area contributed by atoms with Gasteiger partial charge < -0.3 is 5.32 Å². The number of rotatable bonds is 6. The molecule has 1 aromatic heterocycles. The molecule has 1 rings (SSSR count). The Balaban J connectivity index is 2.71. The van der Waals surface area contributed by atoms with Gasteiger partial charge in [-0.3, -0.25) is 0 Å². The minimum absolute atomic E-state index is 0.439. The van der Waals surface area contributed by atoms with Gasteiger partial charge in [-0.1, -0.05) is 27.2 Å². The highest BCUT2D eigenvalue weighted by Crippen LogP contribution is 2.26. The average molecular weight is 226 g/mol. The Bertz CT molecular complexity index is 283.